The number of anilines is 1. The number of methoxy groups -OCH3 is 1. The number of nitrogens with one attached hydrogen (secondary N) is 2. The van der Waals surface area contributed by atoms with Crippen LogP contribution in [0, 0.1) is 0 Å². The maximum absolute atomic E-state index is 12.6. The number of hydrogen-bond donors (Lipinski definition) is 2. The molecule has 3 rings (SSSR count). The molecule has 0 fully saturated rings. The summed E-state index contributed by atoms with van der Waals surface area (Å²) in [4.78, 5) is 16.7. The van der Waals surface area contributed by atoms with E-state index < -0.39 is 10.0 Å². The largest absolute Gasteiger partial charge is 0.493 e. The number of nitrogens with zero attached hydrogens (tertiary/aromatic N) is 1. The van der Waals surface area contributed by atoms with Crippen molar-refractivity contribution in [2.75, 3.05) is 19.0 Å². The van der Waals surface area contributed by atoms with Crippen LogP contribution in [-0.4, -0.2) is 33.0 Å². The fraction of sp³-hybridized carbons (Fsp3) is 0.182. The van der Waals surface area contributed by atoms with E-state index in [1.165, 1.54) is 31.4 Å². The molecule has 0 bridgehead atoms. The Balaban J connectivity index is 1.72. The Bertz CT molecular complexity index is 1130. The summed E-state index contributed by atoms with van der Waals surface area (Å²) >= 11 is 0. The maximum Gasteiger partial charge on any atom is 0.255 e. The van der Waals surface area contributed by atoms with Gasteiger partial charge in [0, 0.05) is 41.8 Å². The van der Waals surface area contributed by atoms with Gasteiger partial charge in [-0.2, -0.15) is 0 Å². The summed E-state index contributed by atoms with van der Waals surface area (Å²) in [6.07, 6.45) is 3.39. The lowest BCUT2D eigenvalue weighted by Gasteiger charge is -2.13. The average Bonchev–Trinajstić information content (AvgIpc) is 2.78. The van der Waals surface area contributed by atoms with Gasteiger partial charge in [-0.3, -0.25) is 9.78 Å². The number of hydrogen-bond acceptors (Lipinski definition) is 6. The molecule has 0 spiro atoms. The van der Waals surface area contributed by atoms with E-state index in [1.54, 1.807) is 37.5 Å². The zero-order valence-corrected chi connectivity index (χ0v) is 18.0. The quantitative estimate of drug-likeness (QED) is 0.528. The van der Waals surface area contributed by atoms with Crippen LogP contribution in [0.1, 0.15) is 22.8 Å². The van der Waals surface area contributed by atoms with Gasteiger partial charge in [-0.15, -0.1) is 0 Å². The van der Waals surface area contributed by atoms with Crippen LogP contribution >= 0.6 is 0 Å². The molecule has 0 aliphatic heterocycles. The first-order chi connectivity index (χ1) is 14.9. The van der Waals surface area contributed by atoms with Crippen LogP contribution in [0.15, 0.2) is 71.9 Å². The van der Waals surface area contributed by atoms with Crippen molar-refractivity contribution >= 4 is 21.6 Å². The summed E-state index contributed by atoms with van der Waals surface area (Å²) in [7, 11) is -2.04. The fourth-order valence-electron chi connectivity index (χ4n) is 2.77. The van der Waals surface area contributed by atoms with Crippen molar-refractivity contribution in [1.82, 2.24) is 9.71 Å². The van der Waals surface area contributed by atoms with E-state index in [9.17, 15) is 13.2 Å². The van der Waals surface area contributed by atoms with Crippen LogP contribution in [0.3, 0.4) is 0 Å². The molecule has 0 saturated carbocycles. The van der Waals surface area contributed by atoms with Crippen molar-refractivity contribution in [3.8, 4) is 11.5 Å². The smallest absolute Gasteiger partial charge is 0.255 e. The lowest BCUT2D eigenvalue weighted by Crippen LogP contribution is -2.23. The Morgan fingerprint density at radius 2 is 1.84 bits per heavy atom. The van der Waals surface area contributed by atoms with Gasteiger partial charge in [-0.05, 0) is 42.5 Å². The zero-order chi connectivity index (χ0) is 22.3. The van der Waals surface area contributed by atoms with Gasteiger partial charge >= 0.3 is 0 Å². The van der Waals surface area contributed by atoms with Crippen molar-refractivity contribution in [3.63, 3.8) is 0 Å². The van der Waals surface area contributed by atoms with E-state index >= 15 is 0 Å². The molecule has 0 atom stereocenters. The van der Waals surface area contributed by atoms with E-state index in [0.717, 1.165) is 5.56 Å². The lowest BCUT2D eigenvalue weighted by molar-refractivity contribution is 0.102. The summed E-state index contributed by atoms with van der Waals surface area (Å²) < 4.78 is 37.6. The van der Waals surface area contributed by atoms with Crippen molar-refractivity contribution in [3.05, 3.63) is 78.1 Å². The van der Waals surface area contributed by atoms with Gasteiger partial charge in [-0.1, -0.05) is 13.0 Å². The first-order valence-corrected chi connectivity index (χ1v) is 11.0. The summed E-state index contributed by atoms with van der Waals surface area (Å²) in [5, 5.41) is 2.78. The van der Waals surface area contributed by atoms with Crippen LogP contribution in [0.2, 0.25) is 0 Å². The molecule has 2 aromatic carbocycles. The summed E-state index contributed by atoms with van der Waals surface area (Å²) in [6, 6.07) is 14.5. The SMILES string of the molecule is CCNS(=O)(=O)c1ccc(C(=O)Nc2ccc(OC)c(OCc3cccnc3)c2)cc1. The lowest BCUT2D eigenvalue weighted by atomic mass is 10.2. The Kier molecular flexibility index (Phi) is 7.22. The highest BCUT2D eigenvalue weighted by Crippen LogP contribution is 2.31. The normalized spacial score (nSPS) is 11.0. The molecule has 1 heterocycles. The van der Waals surface area contributed by atoms with E-state index in [0.29, 0.717) is 29.4 Å². The Hall–Kier alpha value is -3.43. The molecular weight excluding hydrogens is 418 g/mol. The topological polar surface area (TPSA) is 107 Å². The summed E-state index contributed by atoms with van der Waals surface area (Å²) in [5.41, 5.74) is 1.73. The number of amides is 1. The van der Waals surface area contributed by atoms with Gasteiger partial charge in [0.05, 0.1) is 12.0 Å². The monoisotopic (exact) mass is 441 g/mol. The second kappa shape index (κ2) is 10.1. The molecular formula is C22H23N3O5S. The maximum atomic E-state index is 12.6. The van der Waals surface area contributed by atoms with Crippen LogP contribution in [0.4, 0.5) is 5.69 Å². The highest BCUT2D eigenvalue weighted by Gasteiger charge is 2.14. The van der Waals surface area contributed by atoms with E-state index in [-0.39, 0.29) is 17.3 Å². The zero-order valence-electron chi connectivity index (χ0n) is 17.2. The van der Waals surface area contributed by atoms with Gasteiger partial charge in [0.1, 0.15) is 6.61 Å². The third-order valence-electron chi connectivity index (χ3n) is 4.30. The van der Waals surface area contributed by atoms with E-state index in [4.69, 9.17) is 9.47 Å². The van der Waals surface area contributed by atoms with E-state index in [2.05, 4.69) is 15.0 Å². The number of sulfonamides is 1. The van der Waals surface area contributed by atoms with Crippen LogP contribution in [0.25, 0.3) is 0 Å². The molecule has 0 aliphatic carbocycles. The molecule has 162 valence electrons. The summed E-state index contributed by atoms with van der Waals surface area (Å²) in [6.45, 7) is 2.28. The van der Waals surface area contributed by atoms with Crippen LogP contribution < -0.4 is 19.5 Å². The Morgan fingerprint density at radius 3 is 2.48 bits per heavy atom. The van der Waals surface area contributed by atoms with Crippen molar-refractivity contribution < 1.29 is 22.7 Å². The van der Waals surface area contributed by atoms with Crippen molar-refractivity contribution in [2.45, 2.75) is 18.4 Å². The minimum absolute atomic E-state index is 0.0986. The molecule has 0 unspecified atom stereocenters. The number of carbonyl (C=O) groups is 1. The van der Waals surface area contributed by atoms with Crippen molar-refractivity contribution in [1.29, 1.82) is 0 Å². The predicted molar refractivity (Wildman–Crippen MR) is 117 cm³/mol. The van der Waals surface area contributed by atoms with Gasteiger partial charge in [0.25, 0.3) is 5.91 Å². The Morgan fingerprint density at radius 1 is 1.06 bits per heavy atom. The molecule has 3 aromatic rings. The van der Waals surface area contributed by atoms with Gasteiger partial charge < -0.3 is 14.8 Å². The number of ether oxygens (including phenoxy) is 2. The average molecular weight is 442 g/mol. The van der Waals surface area contributed by atoms with Gasteiger partial charge in [-0.25, -0.2) is 13.1 Å². The third kappa shape index (κ3) is 5.80. The number of benzene rings is 2. The standard InChI is InChI=1S/C22H23N3O5S/c1-3-24-31(27,28)19-9-6-17(7-10-19)22(26)25-18-8-11-20(29-2)21(13-18)30-15-16-5-4-12-23-14-16/h4-14,24H,3,15H2,1-2H3,(H,25,26). The molecule has 0 radical (unpaired) electrons. The molecule has 9 heteroatoms. The molecule has 2 N–H and O–H groups in total. The number of aromatic nitrogens is 1. The molecule has 8 nitrogen and oxygen atoms in total. The molecule has 31 heavy (non-hydrogen) atoms. The van der Waals surface area contributed by atoms with Gasteiger partial charge in [0.15, 0.2) is 11.5 Å². The minimum Gasteiger partial charge on any atom is -0.493 e. The first kappa shape index (κ1) is 22.3. The Labute approximate surface area is 181 Å². The summed E-state index contributed by atoms with van der Waals surface area (Å²) in [5.74, 6) is 0.617. The number of pyridine rings is 1. The van der Waals surface area contributed by atoms with Crippen molar-refractivity contribution in [2.24, 2.45) is 0 Å². The second-order valence-corrected chi connectivity index (χ2v) is 8.26. The molecule has 1 aromatic heterocycles. The number of carbonyl (C=O) groups excluding carboxylic acids is 1. The van der Waals surface area contributed by atoms with Crippen LogP contribution in [0.5, 0.6) is 11.5 Å². The first-order valence-electron chi connectivity index (χ1n) is 9.53. The third-order valence-corrected chi connectivity index (χ3v) is 5.86. The number of rotatable bonds is 9. The van der Waals surface area contributed by atoms with Crippen LogP contribution in [-0.2, 0) is 16.6 Å². The fourth-order valence-corrected chi connectivity index (χ4v) is 3.82. The second-order valence-electron chi connectivity index (χ2n) is 6.50. The molecule has 1 amide bonds. The highest BCUT2D eigenvalue weighted by molar-refractivity contribution is 7.89. The predicted octanol–water partition coefficient (Wildman–Crippen LogP) is 3.22. The molecule has 0 saturated heterocycles. The van der Waals surface area contributed by atoms with Gasteiger partial charge in [0.2, 0.25) is 10.0 Å². The highest BCUT2D eigenvalue weighted by atomic mass is 32.2. The minimum atomic E-state index is -3.57. The van der Waals surface area contributed by atoms with E-state index in [1.807, 2.05) is 12.1 Å². The molecule has 0 aliphatic rings.